The zero-order chi connectivity index (χ0) is 22.8. The maximum Gasteiger partial charge on any atom is 0.249 e. The third kappa shape index (κ3) is 5.14. The van der Waals surface area contributed by atoms with Crippen molar-refractivity contribution < 1.29 is 14.3 Å². The van der Waals surface area contributed by atoms with Crippen LogP contribution < -0.4 is 16.0 Å². The number of pyridine rings is 1. The quantitative estimate of drug-likeness (QED) is 0.620. The number of anilines is 2. The van der Waals surface area contributed by atoms with Crippen molar-refractivity contribution >= 4 is 29.1 Å². The molecule has 172 valence electrons. The molecule has 9 heteroatoms. The normalized spacial score (nSPS) is 17.9. The maximum atomic E-state index is 12.0. The van der Waals surface area contributed by atoms with E-state index in [0.717, 1.165) is 68.9 Å². The Labute approximate surface area is 191 Å². The van der Waals surface area contributed by atoms with Gasteiger partial charge >= 0.3 is 0 Å². The van der Waals surface area contributed by atoms with E-state index in [1.165, 1.54) is 5.69 Å². The molecule has 3 aromatic rings. The lowest BCUT2D eigenvalue weighted by Crippen LogP contribution is -2.36. The van der Waals surface area contributed by atoms with Crippen LogP contribution in [0.15, 0.2) is 42.5 Å². The van der Waals surface area contributed by atoms with Gasteiger partial charge in [0.15, 0.2) is 5.65 Å². The van der Waals surface area contributed by atoms with Gasteiger partial charge in [-0.3, -0.25) is 14.9 Å². The summed E-state index contributed by atoms with van der Waals surface area (Å²) in [4.78, 5) is 28.7. The summed E-state index contributed by atoms with van der Waals surface area (Å²) < 4.78 is 7.20. The Kier molecular flexibility index (Phi) is 5.95. The second-order valence-electron chi connectivity index (χ2n) is 8.70. The summed E-state index contributed by atoms with van der Waals surface area (Å²) in [6.07, 6.45) is 3.96. The van der Waals surface area contributed by atoms with Crippen LogP contribution in [-0.2, 0) is 14.3 Å². The maximum absolute atomic E-state index is 12.0. The number of hydrogen-bond acceptors (Lipinski definition) is 6. The average Bonchev–Trinajstić information content (AvgIpc) is 3.75. The minimum Gasteiger partial charge on any atom is -0.378 e. The number of nitrogens with zero attached hydrogens (tertiary/aromatic N) is 4. The first-order chi connectivity index (χ1) is 16.1. The fraction of sp³-hybridized carbons (Fsp3) is 0.417. The molecule has 1 aromatic carbocycles. The van der Waals surface area contributed by atoms with Gasteiger partial charge in [-0.2, -0.15) is 4.98 Å². The molecule has 1 saturated heterocycles. The summed E-state index contributed by atoms with van der Waals surface area (Å²) in [6, 6.07) is 14.3. The molecule has 3 N–H and O–H groups in total. The molecule has 0 bridgehead atoms. The lowest BCUT2D eigenvalue weighted by molar-refractivity contribution is -0.119. The summed E-state index contributed by atoms with van der Waals surface area (Å²) in [5.74, 6) is 0.621. The third-order valence-electron chi connectivity index (χ3n) is 6.06. The summed E-state index contributed by atoms with van der Waals surface area (Å²) >= 11 is 0. The van der Waals surface area contributed by atoms with E-state index in [-0.39, 0.29) is 23.7 Å². The van der Waals surface area contributed by atoms with Crippen molar-refractivity contribution in [2.45, 2.75) is 25.7 Å². The number of benzene rings is 1. The number of morpholine rings is 1. The molecule has 3 aliphatic rings. The van der Waals surface area contributed by atoms with Crippen LogP contribution in [0.4, 0.5) is 11.6 Å². The highest BCUT2D eigenvalue weighted by molar-refractivity contribution is 5.92. The Morgan fingerprint density at radius 2 is 1.67 bits per heavy atom. The zero-order valence-corrected chi connectivity index (χ0v) is 18.4. The van der Waals surface area contributed by atoms with Crippen molar-refractivity contribution in [3.63, 3.8) is 0 Å². The van der Waals surface area contributed by atoms with E-state index in [2.05, 4.69) is 44.6 Å². The number of aromatic nitrogens is 3. The predicted octanol–water partition coefficient (Wildman–Crippen LogP) is 2.46. The molecule has 2 aliphatic carbocycles. The molecule has 0 unspecified atom stereocenters. The average molecular weight is 449 g/mol. The number of fused-ring (bicyclic) bond motifs is 1. The number of nitrogens with one attached hydrogen (secondary N) is 1. The lowest BCUT2D eigenvalue weighted by Gasteiger charge is -2.28. The summed E-state index contributed by atoms with van der Waals surface area (Å²) in [5, 5.41) is 7.32. The van der Waals surface area contributed by atoms with Crippen LogP contribution in [0.5, 0.6) is 0 Å². The van der Waals surface area contributed by atoms with Gasteiger partial charge in [-0.15, -0.1) is 5.10 Å². The van der Waals surface area contributed by atoms with Crippen LogP contribution in [0.2, 0.25) is 0 Å². The van der Waals surface area contributed by atoms with Gasteiger partial charge in [-0.05, 0) is 49.9 Å². The van der Waals surface area contributed by atoms with Crippen LogP contribution in [0.3, 0.4) is 0 Å². The SMILES string of the molecule is NC(=O)C1CC1.O=C(Nc1nc2cccc(-c3ccc(N4CCOCC4)cc3)n2n1)C1CC1. The second-order valence-corrected chi connectivity index (χ2v) is 8.70. The number of ether oxygens (including phenoxy) is 1. The predicted molar refractivity (Wildman–Crippen MR) is 125 cm³/mol. The van der Waals surface area contributed by atoms with Crippen molar-refractivity contribution in [3.8, 4) is 11.3 Å². The molecule has 33 heavy (non-hydrogen) atoms. The molecule has 0 atom stereocenters. The van der Waals surface area contributed by atoms with Gasteiger partial charge in [0, 0.05) is 36.2 Å². The number of carbonyl (C=O) groups excluding carboxylic acids is 2. The standard InChI is InChI=1S/C20H21N5O2.C4H7NO/c26-19(15-4-5-15)22-20-21-18-3-1-2-17(25(18)23-20)14-6-8-16(9-7-14)24-10-12-27-13-11-24;5-4(6)3-1-2-3/h1-3,6-9,15H,4-5,10-13H2,(H,22,23,26);3H,1-2H2,(H2,5,6). The Hall–Kier alpha value is -3.46. The van der Waals surface area contributed by atoms with E-state index in [0.29, 0.717) is 5.95 Å². The minimum atomic E-state index is -0.130. The fourth-order valence-electron chi connectivity index (χ4n) is 3.77. The van der Waals surface area contributed by atoms with Crippen molar-refractivity contribution in [3.05, 3.63) is 42.5 Å². The molecule has 0 spiro atoms. The number of primary amides is 1. The van der Waals surface area contributed by atoms with E-state index in [4.69, 9.17) is 10.5 Å². The molecule has 9 nitrogen and oxygen atoms in total. The fourth-order valence-corrected chi connectivity index (χ4v) is 3.77. The first-order valence-electron chi connectivity index (χ1n) is 11.5. The minimum absolute atomic E-state index is 0.0160. The van der Waals surface area contributed by atoms with Crippen molar-refractivity contribution in [2.24, 2.45) is 17.6 Å². The van der Waals surface area contributed by atoms with Gasteiger partial charge in [0.25, 0.3) is 0 Å². The third-order valence-corrected chi connectivity index (χ3v) is 6.06. The molecule has 2 saturated carbocycles. The van der Waals surface area contributed by atoms with Gasteiger partial charge < -0.3 is 15.4 Å². The number of amides is 2. The van der Waals surface area contributed by atoms with E-state index in [1.54, 1.807) is 4.52 Å². The molecule has 0 radical (unpaired) electrons. The van der Waals surface area contributed by atoms with E-state index >= 15 is 0 Å². The Balaban J connectivity index is 0.000000332. The van der Waals surface area contributed by atoms with E-state index in [1.807, 2.05) is 18.2 Å². The highest BCUT2D eigenvalue weighted by Gasteiger charge is 2.30. The van der Waals surface area contributed by atoms with Crippen molar-refractivity contribution in [2.75, 3.05) is 36.5 Å². The second kappa shape index (κ2) is 9.19. The lowest BCUT2D eigenvalue weighted by atomic mass is 10.1. The highest BCUT2D eigenvalue weighted by atomic mass is 16.5. The van der Waals surface area contributed by atoms with Gasteiger partial charge in [-0.25, -0.2) is 4.52 Å². The molecule has 2 amide bonds. The number of nitrogens with two attached hydrogens (primary N) is 1. The van der Waals surface area contributed by atoms with Gasteiger partial charge in [-0.1, -0.05) is 18.2 Å². The van der Waals surface area contributed by atoms with E-state index < -0.39 is 0 Å². The molecule has 3 heterocycles. The van der Waals surface area contributed by atoms with Crippen LogP contribution in [-0.4, -0.2) is 52.7 Å². The first-order valence-corrected chi connectivity index (χ1v) is 11.5. The summed E-state index contributed by atoms with van der Waals surface area (Å²) in [6.45, 7) is 3.38. The van der Waals surface area contributed by atoms with Crippen LogP contribution in [0.1, 0.15) is 25.7 Å². The molecular weight excluding hydrogens is 420 g/mol. The Morgan fingerprint density at radius 3 is 2.27 bits per heavy atom. The molecule has 1 aliphatic heterocycles. The molecule has 2 aromatic heterocycles. The van der Waals surface area contributed by atoms with Crippen molar-refractivity contribution in [1.29, 1.82) is 0 Å². The van der Waals surface area contributed by atoms with E-state index in [9.17, 15) is 9.59 Å². The number of rotatable bonds is 5. The molecule has 3 fully saturated rings. The smallest absolute Gasteiger partial charge is 0.249 e. The number of carbonyl (C=O) groups is 2. The van der Waals surface area contributed by atoms with Gasteiger partial charge in [0.1, 0.15) is 0 Å². The Bertz CT molecular complexity index is 1140. The monoisotopic (exact) mass is 448 g/mol. The zero-order valence-electron chi connectivity index (χ0n) is 18.4. The first kappa shape index (κ1) is 21.4. The Morgan fingerprint density at radius 1 is 0.970 bits per heavy atom. The topological polar surface area (TPSA) is 115 Å². The highest BCUT2D eigenvalue weighted by Crippen LogP contribution is 2.30. The van der Waals surface area contributed by atoms with Gasteiger partial charge in [0.05, 0.1) is 18.9 Å². The number of hydrogen-bond donors (Lipinski definition) is 2. The summed E-state index contributed by atoms with van der Waals surface area (Å²) in [5.41, 5.74) is 8.78. The summed E-state index contributed by atoms with van der Waals surface area (Å²) in [7, 11) is 0. The van der Waals surface area contributed by atoms with Crippen LogP contribution in [0, 0.1) is 11.8 Å². The molecule has 6 rings (SSSR count). The molecular formula is C24H28N6O3. The van der Waals surface area contributed by atoms with Gasteiger partial charge in [0.2, 0.25) is 17.8 Å². The van der Waals surface area contributed by atoms with Crippen LogP contribution in [0.25, 0.3) is 16.9 Å². The largest absolute Gasteiger partial charge is 0.378 e. The van der Waals surface area contributed by atoms with Crippen LogP contribution >= 0.6 is 0 Å². The van der Waals surface area contributed by atoms with Crippen molar-refractivity contribution in [1.82, 2.24) is 14.6 Å².